The molecule has 35 heavy (non-hydrogen) atoms. The van der Waals surface area contributed by atoms with Gasteiger partial charge in [0.2, 0.25) is 0 Å². The highest BCUT2D eigenvalue weighted by Crippen LogP contribution is 2.28. The number of hydrogen-bond acceptors (Lipinski definition) is 4. The van der Waals surface area contributed by atoms with Gasteiger partial charge in [-0.3, -0.25) is 4.79 Å². The Labute approximate surface area is 206 Å². The van der Waals surface area contributed by atoms with E-state index in [1.54, 1.807) is 36.4 Å². The normalized spacial score (nSPS) is 11.1. The van der Waals surface area contributed by atoms with Crippen molar-refractivity contribution < 1.29 is 14.3 Å². The molecule has 0 unspecified atom stereocenters. The van der Waals surface area contributed by atoms with Crippen LogP contribution in [-0.4, -0.2) is 18.1 Å². The number of hydrogen-bond donors (Lipinski definition) is 1. The summed E-state index contributed by atoms with van der Waals surface area (Å²) < 4.78 is 5.85. The average Bonchev–Trinajstić information content (AvgIpc) is 2.89. The number of nitrogens with one attached hydrogen (secondary N) is 1. The third-order valence-electron chi connectivity index (χ3n) is 5.61. The molecule has 0 fully saturated rings. The SMILES string of the molecule is O=C(N/N=C\c1c(OC(=O)c2cccc3ccccc23)ccc2ccccc12)c1ccc(Cl)cc1. The first-order chi connectivity index (χ1) is 17.1. The van der Waals surface area contributed by atoms with Crippen molar-refractivity contribution in [3.05, 3.63) is 125 Å². The molecule has 1 amide bonds. The summed E-state index contributed by atoms with van der Waals surface area (Å²) in [5.41, 5.74) is 3.98. The second-order valence-corrected chi connectivity index (χ2v) is 8.26. The second-order valence-electron chi connectivity index (χ2n) is 7.82. The molecule has 0 aliphatic carbocycles. The molecular formula is C29H19ClN2O3. The fourth-order valence-corrected chi connectivity index (χ4v) is 4.00. The zero-order chi connectivity index (χ0) is 24.2. The van der Waals surface area contributed by atoms with Crippen LogP contribution >= 0.6 is 11.6 Å². The standard InChI is InChI=1S/C29H19ClN2O3/c30-22-15-12-21(13-16-22)28(33)32-31-18-26-24-10-4-2-7-20(24)14-17-27(26)35-29(34)25-11-5-8-19-6-1-3-9-23(19)25/h1-18H,(H,32,33)/b31-18-. The van der Waals surface area contributed by atoms with Crippen LogP contribution in [0.4, 0.5) is 0 Å². The van der Waals surface area contributed by atoms with Gasteiger partial charge in [0, 0.05) is 16.1 Å². The summed E-state index contributed by atoms with van der Waals surface area (Å²) in [4.78, 5) is 25.6. The van der Waals surface area contributed by atoms with Crippen molar-refractivity contribution in [2.24, 2.45) is 5.10 Å². The van der Waals surface area contributed by atoms with Gasteiger partial charge in [-0.05, 0) is 57.9 Å². The van der Waals surface area contributed by atoms with Crippen molar-refractivity contribution >= 4 is 51.2 Å². The van der Waals surface area contributed by atoms with Crippen LogP contribution in [0.1, 0.15) is 26.3 Å². The number of ether oxygens (including phenoxy) is 1. The third-order valence-corrected chi connectivity index (χ3v) is 5.86. The summed E-state index contributed by atoms with van der Waals surface area (Å²) in [5.74, 6) is -0.518. The van der Waals surface area contributed by atoms with Crippen molar-refractivity contribution in [2.75, 3.05) is 0 Å². The maximum atomic E-state index is 13.2. The smallest absolute Gasteiger partial charge is 0.344 e. The molecule has 0 aliphatic rings. The van der Waals surface area contributed by atoms with Gasteiger partial charge in [-0.1, -0.05) is 78.3 Å². The van der Waals surface area contributed by atoms with E-state index in [0.717, 1.165) is 21.5 Å². The Morgan fingerprint density at radius 1 is 0.743 bits per heavy atom. The largest absolute Gasteiger partial charge is 0.422 e. The predicted octanol–water partition coefficient (Wildman–Crippen LogP) is 6.63. The molecule has 0 saturated heterocycles. The Kier molecular flexibility index (Phi) is 6.24. The van der Waals surface area contributed by atoms with Crippen molar-refractivity contribution in [1.82, 2.24) is 5.43 Å². The van der Waals surface area contributed by atoms with Crippen LogP contribution in [0.5, 0.6) is 5.75 Å². The molecule has 5 rings (SSSR count). The molecule has 0 aromatic heterocycles. The lowest BCUT2D eigenvalue weighted by Gasteiger charge is -2.12. The topological polar surface area (TPSA) is 67.8 Å². The van der Waals surface area contributed by atoms with E-state index in [1.165, 1.54) is 6.21 Å². The molecule has 0 bridgehead atoms. The van der Waals surface area contributed by atoms with E-state index >= 15 is 0 Å². The zero-order valence-electron chi connectivity index (χ0n) is 18.4. The minimum Gasteiger partial charge on any atom is -0.422 e. The second kappa shape index (κ2) is 9.79. The highest BCUT2D eigenvalue weighted by Gasteiger charge is 2.16. The van der Waals surface area contributed by atoms with E-state index in [-0.39, 0.29) is 5.91 Å². The van der Waals surface area contributed by atoms with E-state index in [9.17, 15) is 9.59 Å². The van der Waals surface area contributed by atoms with E-state index in [2.05, 4.69) is 10.5 Å². The average molecular weight is 479 g/mol. The van der Waals surface area contributed by atoms with Crippen LogP contribution < -0.4 is 10.2 Å². The van der Waals surface area contributed by atoms with Crippen molar-refractivity contribution in [1.29, 1.82) is 0 Å². The van der Waals surface area contributed by atoms with Gasteiger partial charge in [0.25, 0.3) is 5.91 Å². The van der Waals surface area contributed by atoms with Crippen LogP contribution in [0.2, 0.25) is 5.02 Å². The van der Waals surface area contributed by atoms with E-state index in [0.29, 0.717) is 27.5 Å². The lowest BCUT2D eigenvalue weighted by molar-refractivity contribution is 0.0736. The molecule has 5 aromatic rings. The Morgan fingerprint density at radius 2 is 1.40 bits per heavy atom. The number of carbonyl (C=O) groups is 2. The summed E-state index contributed by atoms with van der Waals surface area (Å²) >= 11 is 5.89. The first-order valence-electron chi connectivity index (χ1n) is 10.9. The summed E-state index contributed by atoms with van der Waals surface area (Å²) in [6.07, 6.45) is 1.49. The number of amides is 1. The molecule has 0 radical (unpaired) electrons. The quantitative estimate of drug-likeness (QED) is 0.133. The first-order valence-corrected chi connectivity index (χ1v) is 11.3. The Balaban J connectivity index is 1.47. The van der Waals surface area contributed by atoms with E-state index in [1.807, 2.05) is 66.7 Å². The Morgan fingerprint density at radius 3 is 2.17 bits per heavy atom. The van der Waals surface area contributed by atoms with Crippen LogP contribution in [0.25, 0.3) is 21.5 Å². The number of hydrazone groups is 1. The molecule has 0 saturated carbocycles. The van der Waals surface area contributed by atoms with Crippen LogP contribution in [0.3, 0.4) is 0 Å². The summed E-state index contributed by atoms with van der Waals surface area (Å²) in [7, 11) is 0. The van der Waals surface area contributed by atoms with E-state index in [4.69, 9.17) is 16.3 Å². The Hall–Kier alpha value is -4.48. The molecule has 0 spiro atoms. The summed E-state index contributed by atoms with van der Waals surface area (Å²) in [6, 6.07) is 30.9. The first kappa shape index (κ1) is 22.3. The van der Waals surface area contributed by atoms with Gasteiger partial charge in [-0.2, -0.15) is 5.10 Å². The molecular weight excluding hydrogens is 460 g/mol. The minimum absolute atomic E-state index is 0.339. The molecule has 6 heteroatoms. The van der Waals surface area contributed by atoms with Gasteiger partial charge in [0.1, 0.15) is 5.75 Å². The molecule has 1 N–H and O–H groups in total. The van der Waals surface area contributed by atoms with Gasteiger partial charge in [-0.15, -0.1) is 0 Å². The van der Waals surface area contributed by atoms with Gasteiger partial charge >= 0.3 is 5.97 Å². The monoisotopic (exact) mass is 478 g/mol. The van der Waals surface area contributed by atoms with Crippen molar-refractivity contribution in [3.8, 4) is 5.75 Å². The zero-order valence-corrected chi connectivity index (χ0v) is 19.2. The molecule has 0 atom stereocenters. The fraction of sp³-hybridized carbons (Fsp3) is 0. The molecule has 0 heterocycles. The predicted molar refractivity (Wildman–Crippen MR) is 139 cm³/mol. The highest BCUT2D eigenvalue weighted by atomic mass is 35.5. The van der Waals surface area contributed by atoms with Crippen LogP contribution in [0.15, 0.2) is 108 Å². The van der Waals surface area contributed by atoms with Crippen molar-refractivity contribution in [2.45, 2.75) is 0 Å². The number of fused-ring (bicyclic) bond motifs is 2. The van der Waals surface area contributed by atoms with E-state index < -0.39 is 5.97 Å². The fourth-order valence-electron chi connectivity index (χ4n) is 3.88. The Bertz CT molecular complexity index is 1590. The lowest BCUT2D eigenvalue weighted by Crippen LogP contribution is -2.17. The number of nitrogens with zero attached hydrogens (tertiary/aromatic N) is 1. The maximum Gasteiger partial charge on any atom is 0.344 e. The van der Waals surface area contributed by atoms with Gasteiger partial charge < -0.3 is 4.74 Å². The van der Waals surface area contributed by atoms with Gasteiger partial charge in [0.15, 0.2) is 0 Å². The maximum absolute atomic E-state index is 13.2. The van der Waals surface area contributed by atoms with Gasteiger partial charge in [0.05, 0.1) is 11.8 Å². The molecule has 5 aromatic carbocycles. The van der Waals surface area contributed by atoms with Gasteiger partial charge in [-0.25, -0.2) is 10.2 Å². The molecule has 5 nitrogen and oxygen atoms in total. The number of benzene rings is 5. The van der Waals surface area contributed by atoms with Crippen molar-refractivity contribution in [3.63, 3.8) is 0 Å². The molecule has 170 valence electrons. The number of rotatable bonds is 5. The van der Waals surface area contributed by atoms with Crippen LogP contribution in [0, 0.1) is 0 Å². The molecule has 0 aliphatic heterocycles. The minimum atomic E-state index is -0.475. The number of halogens is 1. The third kappa shape index (κ3) is 4.76. The summed E-state index contributed by atoms with van der Waals surface area (Å²) in [6.45, 7) is 0. The highest BCUT2D eigenvalue weighted by molar-refractivity contribution is 6.30. The number of carbonyl (C=O) groups excluding carboxylic acids is 2. The lowest BCUT2D eigenvalue weighted by atomic mass is 10.0. The van der Waals surface area contributed by atoms with Crippen LogP contribution in [-0.2, 0) is 0 Å². The summed E-state index contributed by atoms with van der Waals surface area (Å²) in [5, 5.41) is 8.22. The number of esters is 1.